The minimum absolute atomic E-state index is 0.177. The van der Waals surface area contributed by atoms with Crippen molar-refractivity contribution in [3.63, 3.8) is 0 Å². The summed E-state index contributed by atoms with van der Waals surface area (Å²) in [6.45, 7) is 6.96. The van der Waals surface area contributed by atoms with Crippen molar-refractivity contribution in [2.24, 2.45) is 5.92 Å². The average Bonchev–Trinajstić information content (AvgIpc) is 2.54. The van der Waals surface area contributed by atoms with E-state index in [-0.39, 0.29) is 5.91 Å². The predicted octanol–water partition coefficient (Wildman–Crippen LogP) is 3.50. The van der Waals surface area contributed by atoms with Gasteiger partial charge in [0.25, 0.3) is 0 Å². The molecule has 1 fully saturated rings. The van der Waals surface area contributed by atoms with Crippen molar-refractivity contribution < 1.29 is 14.3 Å². The first-order valence-corrected chi connectivity index (χ1v) is 8.30. The summed E-state index contributed by atoms with van der Waals surface area (Å²) < 4.78 is 11.6. The van der Waals surface area contributed by atoms with Crippen molar-refractivity contribution in [2.45, 2.75) is 39.5 Å². The maximum Gasteiger partial charge on any atom is 0.219 e. The Balaban J connectivity index is 1.75. The van der Waals surface area contributed by atoms with Crippen molar-refractivity contribution in [2.75, 3.05) is 26.3 Å². The van der Waals surface area contributed by atoms with E-state index in [0.29, 0.717) is 12.5 Å². The highest BCUT2D eigenvalue weighted by atomic mass is 16.5. The zero-order valence-electron chi connectivity index (χ0n) is 13.7. The number of ether oxygens (including phenoxy) is 2. The number of piperidine rings is 1. The molecule has 0 unspecified atom stereocenters. The maximum absolute atomic E-state index is 11.3. The van der Waals surface area contributed by atoms with Crippen LogP contribution in [-0.2, 0) is 4.79 Å². The van der Waals surface area contributed by atoms with Gasteiger partial charge in [-0.15, -0.1) is 0 Å². The van der Waals surface area contributed by atoms with Crippen molar-refractivity contribution in [1.29, 1.82) is 0 Å². The molecule has 0 N–H and O–H groups in total. The fourth-order valence-corrected chi connectivity index (χ4v) is 2.62. The van der Waals surface area contributed by atoms with Crippen molar-refractivity contribution in [3.8, 4) is 11.5 Å². The van der Waals surface area contributed by atoms with Gasteiger partial charge in [-0.2, -0.15) is 0 Å². The molecule has 0 spiro atoms. The first kappa shape index (κ1) is 16.7. The third kappa shape index (κ3) is 5.24. The Morgan fingerprint density at radius 3 is 2.55 bits per heavy atom. The van der Waals surface area contributed by atoms with Gasteiger partial charge in [0, 0.05) is 26.1 Å². The number of hydrogen-bond acceptors (Lipinski definition) is 3. The van der Waals surface area contributed by atoms with E-state index in [4.69, 9.17) is 9.47 Å². The maximum atomic E-state index is 11.3. The lowest BCUT2D eigenvalue weighted by molar-refractivity contribution is -0.130. The van der Waals surface area contributed by atoms with E-state index in [1.165, 1.54) is 0 Å². The van der Waals surface area contributed by atoms with E-state index < -0.39 is 0 Å². The molecule has 122 valence electrons. The fraction of sp³-hybridized carbons (Fsp3) is 0.611. The zero-order chi connectivity index (χ0) is 15.8. The Bertz CT molecular complexity index is 467. The van der Waals surface area contributed by atoms with Crippen LogP contribution in [-0.4, -0.2) is 37.1 Å². The standard InChI is InChI=1S/C18H27NO3/c1-3-4-12-21-17-6-5-7-18(13-17)22-14-16-8-10-19(11-9-16)15(2)20/h5-7,13,16H,3-4,8-12,14H2,1-2H3. The van der Waals surface area contributed by atoms with Gasteiger partial charge in [0.05, 0.1) is 13.2 Å². The number of carbonyl (C=O) groups excluding carboxylic acids is 1. The van der Waals surface area contributed by atoms with Crippen LogP contribution in [0.15, 0.2) is 24.3 Å². The lowest BCUT2D eigenvalue weighted by atomic mass is 9.98. The Labute approximate surface area is 133 Å². The molecular weight excluding hydrogens is 278 g/mol. The fourth-order valence-electron chi connectivity index (χ4n) is 2.62. The molecule has 0 saturated carbocycles. The van der Waals surface area contributed by atoms with Crippen LogP contribution in [0, 0.1) is 5.92 Å². The predicted molar refractivity (Wildman–Crippen MR) is 87.3 cm³/mol. The summed E-state index contributed by atoms with van der Waals surface area (Å²) in [4.78, 5) is 13.2. The molecule has 1 aromatic rings. The molecule has 1 amide bonds. The van der Waals surface area contributed by atoms with Crippen LogP contribution in [0.1, 0.15) is 39.5 Å². The third-order valence-corrected chi connectivity index (χ3v) is 4.12. The quantitative estimate of drug-likeness (QED) is 0.724. The summed E-state index contributed by atoms with van der Waals surface area (Å²) in [7, 11) is 0. The summed E-state index contributed by atoms with van der Waals surface area (Å²) in [6, 6.07) is 7.86. The first-order valence-electron chi connectivity index (χ1n) is 8.30. The zero-order valence-corrected chi connectivity index (χ0v) is 13.7. The molecular formula is C18H27NO3. The van der Waals surface area contributed by atoms with Gasteiger partial charge in [-0.1, -0.05) is 19.4 Å². The normalized spacial score (nSPS) is 15.6. The van der Waals surface area contributed by atoms with E-state index in [9.17, 15) is 4.79 Å². The number of unbranched alkanes of at least 4 members (excludes halogenated alkanes) is 1. The van der Waals surface area contributed by atoms with Crippen LogP contribution < -0.4 is 9.47 Å². The van der Waals surface area contributed by atoms with Gasteiger partial charge >= 0.3 is 0 Å². The highest BCUT2D eigenvalue weighted by Gasteiger charge is 2.21. The second-order valence-electron chi connectivity index (χ2n) is 5.94. The van der Waals surface area contributed by atoms with Crippen molar-refractivity contribution in [3.05, 3.63) is 24.3 Å². The topological polar surface area (TPSA) is 38.8 Å². The number of benzene rings is 1. The van der Waals surface area contributed by atoms with E-state index >= 15 is 0 Å². The van der Waals surface area contributed by atoms with Gasteiger partial charge in [0.2, 0.25) is 5.91 Å². The van der Waals surface area contributed by atoms with Crippen molar-refractivity contribution in [1.82, 2.24) is 4.90 Å². The van der Waals surface area contributed by atoms with Crippen LogP contribution in [0.2, 0.25) is 0 Å². The SMILES string of the molecule is CCCCOc1cccc(OCC2CCN(C(C)=O)CC2)c1. The van der Waals surface area contributed by atoms with Gasteiger partial charge in [0.1, 0.15) is 11.5 Å². The van der Waals surface area contributed by atoms with Gasteiger partial charge in [0.15, 0.2) is 0 Å². The number of likely N-dealkylation sites (tertiary alicyclic amines) is 1. The Hall–Kier alpha value is -1.71. The lowest BCUT2D eigenvalue weighted by Gasteiger charge is -2.31. The molecule has 22 heavy (non-hydrogen) atoms. The molecule has 1 aliphatic rings. The second-order valence-corrected chi connectivity index (χ2v) is 5.94. The molecule has 0 atom stereocenters. The summed E-state index contributed by atoms with van der Waals surface area (Å²) in [5, 5.41) is 0. The molecule has 1 aliphatic heterocycles. The molecule has 4 nitrogen and oxygen atoms in total. The van der Waals surface area contributed by atoms with E-state index in [0.717, 1.165) is 56.9 Å². The number of carbonyl (C=O) groups is 1. The molecule has 0 bridgehead atoms. The highest BCUT2D eigenvalue weighted by Crippen LogP contribution is 2.23. The second kappa shape index (κ2) is 8.66. The highest BCUT2D eigenvalue weighted by molar-refractivity contribution is 5.73. The van der Waals surface area contributed by atoms with Crippen LogP contribution in [0.5, 0.6) is 11.5 Å². The molecule has 2 rings (SSSR count). The number of amides is 1. The average molecular weight is 305 g/mol. The molecule has 1 aromatic carbocycles. The van der Waals surface area contributed by atoms with E-state index in [1.807, 2.05) is 29.2 Å². The van der Waals surface area contributed by atoms with Crippen molar-refractivity contribution >= 4 is 5.91 Å². The Morgan fingerprint density at radius 1 is 1.23 bits per heavy atom. The lowest BCUT2D eigenvalue weighted by Crippen LogP contribution is -2.38. The van der Waals surface area contributed by atoms with Gasteiger partial charge in [-0.05, 0) is 37.3 Å². The smallest absolute Gasteiger partial charge is 0.219 e. The van der Waals surface area contributed by atoms with Crippen LogP contribution >= 0.6 is 0 Å². The number of rotatable bonds is 7. The van der Waals surface area contributed by atoms with E-state index in [2.05, 4.69) is 6.92 Å². The van der Waals surface area contributed by atoms with Gasteiger partial charge < -0.3 is 14.4 Å². The Kier molecular flexibility index (Phi) is 6.56. The van der Waals surface area contributed by atoms with Gasteiger partial charge in [-0.3, -0.25) is 4.79 Å². The summed E-state index contributed by atoms with van der Waals surface area (Å²) in [5.41, 5.74) is 0. The molecule has 0 aromatic heterocycles. The third-order valence-electron chi connectivity index (χ3n) is 4.12. The molecule has 1 saturated heterocycles. The summed E-state index contributed by atoms with van der Waals surface area (Å²) in [6.07, 6.45) is 4.24. The summed E-state index contributed by atoms with van der Waals surface area (Å²) in [5.74, 6) is 2.44. The molecule has 0 aliphatic carbocycles. The largest absolute Gasteiger partial charge is 0.493 e. The van der Waals surface area contributed by atoms with Crippen LogP contribution in [0.4, 0.5) is 0 Å². The number of hydrogen-bond donors (Lipinski definition) is 0. The van der Waals surface area contributed by atoms with E-state index in [1.54, 1.807) is 6.92 Å². The monoisotopic (exact) mass is 305 g/mol. The number of nitrogens with zero attached hydrogens (tertiary/aromatic N) is 1. The minimum Gasteiger partial charge on any atom is -0.493 e. The van der Waals surface area contributed by atoms with Crippen LogP contribution in [0.25, 0.3) is 0 Å². The molecule has 1 heterocycles. The van der Waals surface area contributed by atoms with Gasteiger partial charge in [-0.25, -0.2) is 0 Å². The summed E-state index contributed by atoms with van der Waals surface area (Å²) >= 11 is 0. The first-order chi connectivity index (χ1) is 10.7. The molecule has 4 heteroatoms. The Morgan fingerprint density at radius 2 is 1.91 bits per heavy atom. The molecule has 0 radical (unpaired) electrons. The van der Waals surface area contributed by atoms with Crippen LogP contribution in [0.3, 0.4) is 0 Å². The minimum atomic E-state index is 0.177.